The van der Waals surface area contributed by atoms with Gasteiger partial charge in [-0.1, -0.05) is 48.0 Å². The Labute approximate surface area is 243 Å². The summed E-state index contributed by atoms with van der Waals surface area (Å²) in [7, 11) is 1.46. The molecular formula is C33H29N3O6. The number of aliphatic carboxylic acids is 1. The largest absolute Gasteiger partial charge is 0.497 e. The molecule has 1 heterocycles. The molecule has 4 aromatic rings. The number of hydrogen-bond donors (Lipinski definition) is 2. The molecule has 0 spiro atoms. The van der Waals surface area contributed by atoms with Gasteiger partial charge in [-0.05, 0) is 60.5 Å². The predicted molar refractivity (Wildman–Crippen MR) is 160 cm³/mol. The Morgan fingerprint density at radius 2 is 1.62 bits per heavy atom. The van der Waals surface area contributed by atoms with Crippen molar-refractivity contribution < 1.29 is 29.0 Å². The summed E-state index contributed by atoms with van der Waals surface area (Å²) < 4.78 is 5.28. The van der Waals surface area contributed by atoms with E-state index < -0.39 is 18.4 Å². The average Bonchev–Trinajstić information content (AvgIpc) is 3.13. The molecule has 0 radical (unpaired) electrons. The van der Waals surface area contributed by atoms with Crippen LogP contribution in [0.4, 0.5) is 17.1 Å². The lowest BCUT2D eigenvalue weighted by Gasteiger charge is -2.25. The third-order valence-corrected chi connectivity index (χ3v) is 7.08. The van der Waals surface area contributed by atoms with Gasteiger partial charge in [-0.2, -0.15) is 0 Å². The van der Waals surface area contributed by atoms with Gasteiger partial charge in [0.05, 0.1) is 18.5 Å². The van der Waals surface area contributed by atoms with Crippen molar-refractivity contribution in [2.75, 3.05) is 35.3 Å². The normalized spacial score (nSPS) is 12.8. The maximum absolute atomic E-state index is 13.6. The number of ether oxygens (including phenoxy) is 1. The highest BCUT2D eigenvalue weighted by Crippen LogP contribution is 2.37. The van der Waals surface area contributed by atoms with Crippen molar-refractivity contribution in [3.05, 3.63) is 108 Å². The van der Waals surface area contributed by atoms with Crippen LogP contribution in [0.25, 0.3) is 11.1 Å². The molecule has 5 rings (SSSR count). The van der Waals surface area contributed by atoms with Crippen LogP contribution in [-0.4, -0.2) is 49.0 Å². The molecule has 0 atom stereocenters. The van der Waals surface area contributed by atoms with Gasteiger partial charge >= 0.3 is 5.97 Å². The lowest BCUT2D eigenvalue weighted by atomic mass is 9.98. The number of rotatable bonds is 7. The molecule has 0 saturated heterocycles. The van der Waals surface area contributed by atoms with Crippen molar-refractivity contribution in [3.63, 3.8) is 0 Å². The van der Waals surface area contributed by atoms with Gasteiger partial charge in [-0.15, -0.1) is 0 Å². The number of carboxylic acid groups (broad SMARTS) is 1. The van der Waals surface area contributed by atoms with E-state index in [2.05, 4.69) is 5.32 Å². The van der Waals surface area contributed by atoms with Crippen LogP contribution in [-0.2, 0) is 9.59 Å². The summed E-state index contributed by atoms with van der Waals surface area (Å²) in [5.41, 5.74) is 4.93. The molecule has 42 heavy (non-hydrogen) atoms. The van der Waals surface area contributed by atoms with E-state index in [9.17, 15) is 24.3 Å². The molecule has 1 aliphatic heterocycles. The summed E-state index contributed by atoms with van der Waals surface area (Å²) in [5, 5.41) is 12.3. The maximum Gasteiger partial charge on any atom is 0.323 e. The van der Waals surface area contributed by atoms with Crippen molar-refractivity contribution >= 4 is 40.8 Å². The second-order valence-electron chi connectivity index (χ2n) is 9.88. The van der Waals surface area contributed by atoms with Crippen LogP contribution in [0.3, 0.4) is 0 Å². The van der Waals surface area contributed by atoms with E-state index in [1.54, 1.807) is 48.5 Å². The first-order valence-corrected chi connectivity index (χ1v) is 13.3. The minimum Gasteiger partial charge on any atom is -0.497 e. The van der Waals surface area contributed by atoms with Crippen molar-refractivity contribution in [3.8, 4) is 16.9 Å². The Morgan fingerprint density at radius 1 is 0.905 bits per heavy atom. The fraction of sp³-hybridized carbons (Fsp3) is 0.152. The molecule has 0 aliphatic carbocycles. The lowest BCUT2D eigenvalue weighted by Crippen LogP contribution is -2.35. The Balaban J connectivity index is 1.38. The molecule has 0 bridgehead atoms. The average molecular weight is 564 g/mol. The number of hydrogen-bond acceptors (Lipinski definition) is 5. The molecule has 0 aromatic heterocycles. The van der Waals surface area contributed by atoms with Crippen molar-refractivity contribution in [2.45, 2.75) is 13.3 Å². The number of anilines is 3. The molecule has 0 unspecified atom stereocenters. The van der Waals surface area contributed by atoms with Crippen LogP contribution in [0.1, 0.15) is 32.7 Å². The van der Waals surface area contributed by atoms with E-state index in [-0.39, 0.29) is 30.5 Å². The Bertz CT molecular complexity index is 1660. The summed E-state index contributed by atoms with van der Waals surface area (Å²) in [5.74, 6) is -1.80. The van der Waals surface area contributed by atoms with Gasteiger partial charge in [0.1, 0.15) is 12.3 Å². The predicted octanol–water partition coefficient (Wildman–Crippen LogP) is 5.39. The zero-order valence-corrected chi connectivity index (χ0v) is 23.2. The lowest BCUT2D eigenvalue weighted by molar-refractivity contribution is -0.136. The Kier molecular flexibility index (Phi) is 8.01. The number of nitrogens with zero attached hydrogens (tertiary/aromatic N) is 2. The summed E-state index contributed by atoms with van der Waals surface area (Å²) in [6.45, 7) is 1.54. The molecule has 0 saturated carbocycles. The van der Waals surface area contributed by atoms with Crippen LogP contribution in [0, 0.1) is 6.92 Å². The van der Waals surface area contributed by atoms with E-state index in [1.165, 1.54) is 12.0 Å². The van der Waals surface area contributed by atoms with E-state index in [0.29, 0.717) is 28.3 Å². The molecule has 0 fully saturated rings. The zero-order chi connectivity index (χ0) is 29.8. The van der Waals surface area contributed by atoms with E-state index in [4.69, 9.17) is 4.74 Å². The number of carbonyl (C=O) groups excluding carboxylic acids is 3. The molecule has 1 aliphatic rings. The highest BCUT2D eigenvalue weighted by atomic mass is 16.5. The zero-order valence-electron chi connectivity index (χ0n) is 23.2. The van der Waals surface area contributed by atoms with Gasteiger partial charge in [-0.25, -0.2) is 0 Å². The third-order valence-electron chi connectivity index (χ3n) is 7.08. The van der Waals surface area contributed by atoms with Crippen LogP contribution in [0.15, 0.2) is 91.0 Å². The minimum atomic E-state index is -1.17. The van der Waals surface area contributed by atoms with Crippen LogP contribution in [0.5, 0.6) is 5.75 Å². The molecule has 212 valence electrons. The Morgan fingerprint density at radius 3 is 2.31 bits per heavy atom. The van der Waals surface area contributed by atoms with E-state index in [0.717, 1.165) is 21.6 Å². The van der Waals surface area contributed by atoms with E-state index in [1.807, 2.05) is 49.4 Å². The smallest absolute Gasteiger partial charge is 0.323 e. The van der Waals surface area contributed by atoms with Gasteiger partial charge in [0.2, 0.25) is 5.91 Å². The summed E-state index contributed by atoms with van der Waals surface area (Å²) >= 11 is 0. The number of carbonyl (C=O) groups is 4. The van der Waals surface area contributed by atoms with Crippen LogP contribution < -0.4 is 19.9 Å². The fourth-order valence-electron chi connectivity index (χ4n) is 4.91. The van der Waals surface area contributed by atoms with Crippen molar-refractivity contribution in [2.24, 2.45) is 0 Å². The standard InChI is InChI=1S/C33H29N3O6/c1-21-7-9-22(10-8-21)26-5-3-4-6-27(26)32(40)34-24-13-11-23(12-14-24)33(41)35-18-17-30(37)36(20-31(38)39)29-19-25(42-2)15-16-28(29)35/h3-16,19H,17-18,20H2,1-2H3,(H,34,40)(H,38,39). The first-order valence-electron chi connectivity index (χ1n) is 13.3. The first kappa shape index (κ1) is 28.1. The Hall–Kier alpha value is -5.44. The third kappa shape index (κ3) is 5.85. The molecule has 3 amide bonds. The number of aryl methyl sites for hydroxylation is 1. The number of nitrogens with one attached hydrogen (secondary N) is 1. The number of benzene rings is 4. The minimum absolute atomic E-state index is 0.0510. The quantitative estimate of drug-likeness (QED) is 0.312. The highest BCUT2D eigenvalue weighted by Gasteiger charge is 2.31. The number of methoxy groups -OCH3 is 1. The second-order valence-corrected chi connectivity index (χ2v) is 9.88. The SMILES string of the molecule is COc1ccc2c(c1)N(CC(=O)O)C(=O)CCN2C(=O)c1ccc(NC(=O)c2ccccc2-c2ccc(C)cc2)cc1. The van der Waals surface area contributed by atoms with Crippen molar-refractivity contribution in [1.82, 2.24) is 0 Å². The van der Waals surface area contributed by atoms with Gasteiger partial charge in [0.15, 0.2) is 0 Å². The monoisotopic (exact) mass is 563 g/mol. The maximum atomic E-state index is 13.6. The number of carboxylic acids is 1. The topological polar surface area (TPSA) is 116 Å². The fourth-order valence-corrected chi connectivity index (χ4v) is 4.91. The molecule has 9 heteroatoms. The van der Waals surface area contributed by atoms with Gasteiger partial charge in [-0.3, -0.25) is 24.1 Å². The first-order chi connectivity index (χ1) is 20.2. The van der Waals surface area contributed by atoms with E-state index >= 15 is 0 Å². The number of fused-ring (bicyclic) bond motifs is 1. The van der Waals surface area contributed by atoms with Crippen LogP contribution in [0.2, 0.25) is 0 Å². The second kappa shape index (κ2) is 12.0. The molecule has 2 N–H and O–H groups in total. The summed E-state index contributed by atoms with van der Waals surface area (Å²) in [6.07, 6.45) is -0.0510. The van der Waals surface area contributed by atoms with Gasteiger partial charge < -0.3 is 20.1 Å². The summed E-state index contributed by atoms with van der Waals surface area (Å²) in [4.78, 5) is 53.8. The molecular weight excluding hydrogens is 534 g/mol. The molecule has 4 aromatic carbocycles. The van der Waals surface area contributed by atoms with Gasteiger partial charge in [0.25, 0.3) is 11.8 Å². The summed E-state index contributed by atoms with van der Waals surface area (Å²) in [6, 6.07) is 26.7. The highest BCUT2D eigenvalue weighted by molar-refractivity contribution is 6.12. The van der Waals surface area contributed by atoms with Crippen molar-refractivity contribution in [1.29, 1.82) is 0 Å². The molecule has 9 nitrogen and oxygen atoms in total. The number of amides is 3. The van der Waals surface area contributed by atoms with Crippen LogP contribution >= 0.6 is 0 Å². The van der Waals surface area contributed by atoms with Gasteiger partial charge in [0, 0.05) is 35.8 Å².